The van der Waals surface area contributed by atoms with Crippen LogP contribution in [-0.2, 0) is 4.74 Å². The highest BCUT2D eigenvalue weighted by molar-refractivity contribution is 5.97. The van der Waals surface area contributed by atoms with Gasteiger partial charge >= 0.3 is 0 Å². The number of carbonyl (C=O) groups excluding carboxylic acids is 1. The lowest BCUT2D eigenvalue weighted by atomic mass is 10.2. The Kier molecular flexibility index (Phi) is 3.36. The molecule has 1 aliphatic heterocycles. The number of hydrogen-bond acceptors (Lipinski definition) is 4. The maximum Gasteiger partial charge on any atom is 0.252 e. The lowest BCUT2D eigenvalue weighted by molar-refractivity contribution is 0.100. The smallest absolute Gasteiger partial charge is 0.252 e. The molecule has 0 aromatic carbocycles. The predicted octanol–water partition coefficient (Wildman–Crippen LogP) is 0.407. The monoisotopic (exact) mass is 221 g/mol. The van der Waals surface area contributed by atoms with Gasteiger partial charge in [0, 0.05) is 25.9 Å². The first-order valence-corrected chi connectivity index (χ1v) is 5.36. The molecule has 86 valence electrons. The van der Waals surface area contributed by atoms with Gasteiger partial charge in [-0.05, 0) is 18.6 Å². The van der Waals surface area contributed by atoms with Gasteiger partial charge in [0.1, 0.15) is 5.82 Å². The fraction of sp³-hybridized carbons (Fsp3) is 0.455. The van der Waals surface area contributed by atoms with Gasteiger partial charge in [0.2, 0.25) is 0 Å². The first kappa shape index (κ1) is 10.9. The summed E-state index contributed by atoms with van der Waals surface area (Å²) >= 11 is 0. The van der Waals surface area contributed by atoms with Gasteiger partial charge in [0.15, 0.2) is 0 Å². The van der Waals surface area contributed by atoms with E-state index in [1.165, 1.54) is 0 Å². The number of hydrogen-bond donors (Lipinski definition) is 1. The third kappa shape index (κ3) is 2.30. The Morgan fingerprint density at radius 1 is 1.44 bits per heavy atom. The van der Waals surface area contributed by atoms with Crippen LogP contribution in [0.5, 0.6) is 0 Å². The van der Waals surface area contributed by atoms with Crippen LogP contribution in [0.4, 0.5) is 5.82 Å². The molecule has 2 N–H and O–H groups in total. The highest BCUT2D eigenvalue weighted by Gasteiger charge is 2.17. The highest BCUT2D eigenvalue weighted by Crippen LogP contribution is 2.17. The summed E-state index contributed by atoms with van der Waals surface area (Å²) in [5.74, 6) is 0.230. The molecule has 2 rings (SSSR count). The molecule has 1 aromatic heterocycles. The second kappa shape index (κ2) is 4.94. The number of carbonyl (C=O) groups is 1. The number of amides is 1. The largest absolute Gasteiger partial charge is 0.380 e. The van der Waals surface area contributed by atoms with Gasteiger partial charge in [-0.15, -0.1) is 0 Å². The van der Waals surface area contributed by atoms with Crippen molar-refractivity contribution in [1.82, 2.24) is 4.98 Å². The molecule has 0 spiro atoms. The minimum atomic E-state index is -0.437. The van der Waals surface area contributed by atoms with Crippen LogP contribution in [-0.4, -0.2) is 37.2 Å². The van der Waals surface area contributed by atoms with E-state index in [-0.39, 0.29) is 0 Å². The number of ether oxygens (including phenoxy) is 1. The number of nitrogens with two attached hydrogens (primary N) is 1. The summed E-state index contributed by atoms with van der Waals surface area (Å²) in [6, 6.07) is 3.42. The van der Waals surface area contributed by atoms with Crippen molar-refractivity contribution in [2.24, 2.45) is 5.73 Å². The Hall–Kier alpha value is -1.62. The standard InChI is InChI=1S/C11H15N3O2/c12-10(15)9-3-1-4-13-11(9)14-5-2-7-16-8-6-14/h1,3-4H,2,5-8H2,(H2,12,15). The van der Waals surface area contributed by atoms with Gasteiger partial charge in [-0.25, -0.2) is 4.98 Å². The number of rotatable bonds is 2. The van der Waals surface area contributed by atoms with E-state index in [0.29, 0.717) is 18.0 Å². The summed E-state index contributed by atoms with van der Waals surface area (Å²) in [5.41, 5.74) is 5.80. The lowest BCUT2D eigenvalue weighted by Crippen LogP contribution is -2.29. The molecule has 0 unspecified atom stereocenters. The third-order valence-electron chi connectivity index (χ3n) is 2.57. The summed E-state index contributed by atoms with van der Waals surface area (Å²) in [5, 5.41) is 0. The predicted molar refractivity (Wildman–Crippen MR) is 60.4 cm³/mol. The molecule has 0 atom stereocenters. The zero-order valence-corrected chi connectivity index (χ0v) is 9.06. The quantitative estimate of drug-likeness (QED) is 0.785. The van der Waals surface area contributed by atoms with Crippen LogP contribution in [0.15, 0.2) is 18.3 Å². The minimum absolute atomic E-state index is 0.437. The Morgan fingerprint density at radius 2 is 2.31 bits per heavy atom. The summed E-state index contributed by atoms with van der Waals surface area (Å²) in [4.78, 5) is 17.6. The average molecular weight is 221 g/mol. The third-order valence-corrected chi connectivity index (χ3v) is 2.57. The Balaban J connectivity index is 2.27. The topological polar surface area (TPSA) is 68.5 Å². The zero-order valence-electron chi connectivity index (χ0n) is 9.06. The van der Waals surface area contributed by atoms with Gasteiger partial charge < -0.3 is 15.4 Å². The molecule has 0 aliphatic carbocycles. The van der Waals surface area contributed by atoms with Crippen molar-refractivity contribution < 1.29 is 9.53 Å². The van der Waals surface area contributed by atoms with E-state index in [1.54, 1.807) is 18.3 Å². The fourth-order valence-corrected chi connectivity index (χ4v) is 1.80. The van der Waals surface area contributed by atoms with Crippen LogP contribution < -0.4 is 10.6 Å². The van der Waals surface area contributed by atoms with Crippen molar-refractivity contribution in [3.05, 3.63) is 23.9 Å². The minimum Gasteiger partial charge on any atom is -0.380 e. The normalized spacial score (nSPS) is 16.9. The molecule has 2 heterocycles. The fourth-order valence-electron chi connectivity index (χ4n) is 1.80. The van der Waals surface area contributed by atoms with Crippen LogP contribution in [0.3, 0.4) is 0 Å². The Labute approximate surface area is 94.2 Å². The number of primary amides is 1. The van der Waals surface area contributed by atoms with E-state index in [1.807, 2.05) is 4.90 Å². The van der Waals surface area contributed by atoms with Gasteiger partial charge in [-0.2, -0.15) is 0 Å². The molecule has 5 nitrogen and oxygen atoms in total. The second-order valence-corrected chi connectivity index (χ2v) is 3.69. The van der Waals surface area contributed by atoms with E-state index in [9.17, 15) is 4.79 Å². The van der Waals surface area contributed by atoms with E-state index >= 15 is 0 Å². The maximum absolute atomic E-state index is 11.3. The van der Waals surface area contributed by atoms with Gasteiger partial charge in [-0.1, -0.05) is 0 Å². The molecule has 5 heteroatoms. The zero-order chi connectivity index (χ0) is 11.4. The van der Waals surface area contributed by atoms with Crippen LogP contribution >= 0.6 is 0 Å². The van der Waals surface area contributed by atoms with E-state index < -0.39 is 5.91 Å². The van der Waals surface area contributed by atoms with Gasteiger partial charge in [-0.3, -0.25) is 4.79 Å². The van der Waals surface area contributed by atoms with Crippen molar-refractivity contribution in [2.75, 3.05) is 31.2 Å². The number of pyridine rings is 1. The number of anilines is 1. The van der Waals surface area contributed by atoms with Gasteiger partial charge in [0.05, 0.1) is 12.2 Å². The number of nitrogens with zero attached hydrogens (tertiary/aromatic N) is 2. The number of aromatic nitrogens is 1. The lowest BCUT2D eigenvalue weighted by Gasteiger charge is -2.22. The molecule has 16 heavy (non-hydrogen) atoms. The van der Waals surface area contributed by atoms with Crippen LogP contribution in [0.2, 0.25) is 0 Å². The molecular formula is C11H15N3O2. The molecule has 1 aromatic rings. The molecule has 0 radical (unpaired) electrons. The van der Waals surface area contributed by atoms with Gasteiger partial charge in [0.25, 0.3) is 5.91 Å². The van der Waals surface area contributed by atoms with Crippen molar-refractivity contribution >= 4 is 11.7 Å². The van der Waals surface area contributed by atoms with E-state index in [0.717, 1.165) is 26.1 Å². The van der Waals surface area contributed by atoms with Crippen LogP contribution in [0.1, 0.15) is 16.8 Å². The average Bonchev–Trinajstić information content (AvgIpc) is 2.57. The van der Waals surface area contributed by atoms with E-state index in [2.05, 4.69) is 4.98 Å². The molecule has 1 saturated heterocycles. The molecule has 1 amide bonds. The first-order chi connectivity index (χ1) is 7.79. The second-order valence-electron chi connectivity index (χ2n) is 3.69. The van der Waals surface area contributed by atoms with Crippen molar-refractivity contribution in [2.45, 2.75) is 6.42 Å². The molecule has 0 saturated carbocycles. The Bertz CT molecular complexity index is 373. The maximum atomic E-state index is 11.3. The van der Waals surface area contributed by atoms with Crippen molar-refractivity contribution in [3.63, 3.8) is 0 Å². The van der Waals surface area contributed by atoms with Crippen molar-refractivity contribution in [3.8, 4) is 0 Å². The van der Waals surface area contributed by atoms with Crippen molar-refractivity contribution in [1.29, 1.82) is 0 Å². The summed E-state index contributed by atoms with van der Waals surface area (Å²) in [6.07, 6.45) is 2.61. The Morgan fingerprint density at radius 3 is 3.12 bits per heavy atom. The molecular weight excluding hydrogens is 206 g/mol. The first-order valence-electron chi connectivity index (χ1n) is 5.36. The van der Waals surface area contributed by atoms with E-state index in [4.69, 9.17) is 10.5 Å². The molecule has 0 bridgehead atoms. The highest BCUT2D eigenvalue weighted by atomic mass is 16.5. The van der Waals surface area contributed by atoms with Crippen LogP contribution in [0.25, 0.3) is 0 Å². The summed E-state index contributed by atoms with van der Waals surface area (Å²) < 4.78 is 5.36. The SMILES string of the molecule is NC(=O)c1cccnc1N1CCCOCC1. The van der Waals surface area contributed by atoms with Crippen LogP contribution in [0, 0.1) is 0 Å². The molecule has 1 aliphatic rings. The molecule has 1 fully saturated rings. The summed E-state index contributed by atoms with van der Waals surface area (Å²) in [7, 11) is 0. The summed E-state index contributed by atoms with van der Waals surface area (Å²) in [6.45, 7) is 3.01.